The molecule has 0 saturated carbocycles. The first-order valence-corrected chi connectivity index (χ1v) is 7.16. The number of hydrogen-bond acceptors (Lipinski definition) is 3. The molecular formula is C17H19N3O. The Morgan fingerprint density at radius 2 is 2.00 bits per heavy atom. The number of aromatic nitrogens is 2. The zero-order valence-corrected chi connectivity index (χ0v) is 12.1. The van der Waals surface area contributed by atoms with Crippen molar-refractivity contribution in [2.45, 2.75) is 26.3 Å². The third-order valence-corrected chi connectivity index (χ3v) is 3.62. The highest BCUT2D eigenvalue weighted by Gasteiger charge is 2.11. The summed E-state index contributed by atoms with van der Waals surface area (Å²) < 4.78 is 7.18. The van der Waals surface area contributed by atoms with Gasteiger partial charge in [0.05, 0.1) is 12.0 Å². The zero-order chi connectivity index (χ0) is 14.7. The van der Waals surface area contributed by atoms with Crippen molar-refractivity contribution in [2.75, 3.05) is 5.73 Å². The van der Waals surface area contributed by atoms with Crippen molar-refractivity contribution in [3.05, 3.63) is 60.1 Å². The number of nitrogens with two attached hydrogens (primary N) is 1. The van der Waals surface area contributed by atoms with Crippen LogP contribution >= 0.6 is 0 Å². The Balaban J connectivity index is 1.67. The molecule has 1 aromatic carbocycles. The third kappa shape index (κ3) is 2.99. The molecule has 0 bridgehead atoms. The molecular weight excluding hydrogens is 262 g/mol. The molecule has 0 spiro atoms. The molecule has 3 aromatic rings. The van der Waals surface area contributed by atoms with Crippen LogP contribution in [0.5, 0.6) is 0 Å². The maximum atomic E-state index is 6.05. The highest BCUT2D eigenvalue weighted by atomic mass is 16.3. The van der Waals surface area contributed by atoms with Crippen LogP contribution in [0.3, 0.4) is 0 Å². The van der Waals surface area contributed by atoms with E-state index >= 15 is 0 Å². The van der Waals surface area contributed by atoms with Gasteiger partial charge in [-0.1, -0.05) is 30.3 Å². The lowest BCUT2D eigenvalue weighted by Crippen LogP contribution is -2.05. The van der Waals surface area contributed by atoms with E-state index in [4.69, 9.17) is 10.2 Å². The molecule has 0 amide bonds. The molecule has 0 aliphatic heterocycles. The minimum atomic E-state index is 0.693. The molecule has 0 fully saturated rings. The normalized spacial score (nSPS) is 10.9. The van der Waals surface area contributed by atoms with Crippen molar-refractivity contribution >= 4 is 5.82 Å². The van der Waals surface area contributed by atoms with E-state index in [0.717, 1.165) is 36.4 Å². The largest absolute Gasteiger partial charge is 0.469 e. The summed E-state index contributed by atoms with van der Waals surface area (Å²) in [5.74, 6) is 1.56. The summed E-state index contributed by atoms with van der Waals surface area (Å²) in [6.45, 7) is 2.75. The molecule has 21 heavy (non-hydrogen) atoms. The van der Waals surface area contributed by atoms with Crippen LogP contribution in [-0.4, -0.2) is 9.78 Å². The van der Waals surface area contributed by atoms with Crippen LogP contribution in [-0.2, 0) is 13.0 Å². The fourth-order valence-electron chi connectivity index (χ4n) is 2.47. The van der Waals surface area contributed by atoms with Gasteiger partial charge >= 0.3 is 0 Å². The van der Waals surface area contributed by atoms with Gasteiger partial charge in [0.15, 0.2) is 0 Å². The van der Waals surface area contributed by atoms with E-state index in [1.54, 1.807) is 6.26 Å². The summed E-state index contributed by atoms with van der Waals surface area (Å²) in [6.07, 6.45) is 3.72. The standard InChI is InChI=1S/C17H19N3O/c1-13-15(9-11-21-13)16-12-17(18)20(19-16)10-5-8-14-6-3-2-4-7-14/h2-4,6-7,9,11-12H,5,8,10,18H2,1H3. The van der Waals surface area contributed by atoms with Crippen molar-refractivity contribution in [1.82, 2.24) is 9.78 Å². The minimum Gasteiger partial charge on any atom is -0.469 e. The molecule has 2 aromatic heterocycles. The van der Waals surface area contributed by atoms with Crippen molar-refractivity contribution in [3.63, 3.8) is 0 Å². The Morgan fingerprint density at radius 3 is 2.71 bits per heavy atom. The Hall–Kier alpha value is -2.49. The molecule has 4 heteroatoms. The van der Waals surface area contributed by atoms with Gasteiger partial charge in [0, 0.05) is 18.2 Å². The Kier molecular flexibility index (Phi) is 3.77. The highest BCUT2D eigenvalue weighted by Crippen LogP contribution is 2.24. The number of furan rings is 1. The third-order valence-electron chi connectivity index (χ3n) is 3.62. The van der Waals surface area contributed by atoms with Crippen molar-refractivity contribution in [1.29, 1.82) is 0 Å². The maximum Gasteiger partial charge on any atom is 0.122 e. The van der Waals surface area contributed by atoms with Crippen LogP contribution in [0.25, 0.3) is 11.3 Å². The number of anilines is 1. The quantitative estimate of drug-likeness (QED) is 0.776. The van der Waals surface area contributed by atoms with Crippen LogP contribution in [0.1, 0.15) is 17.7 Å². The minimum absolute atomic E-state index is 0.693. The summed E-state index contributed by atoms with van der Waals surface area (Å²) in [5.41, 5.74) is 9.27. The predicted octanol–water partition coefficient (Wildman–Crippen LogP) is 3.67. The summed E-state index contributed by atoms with van der Waals surface area (Å²) in [4.78, 5) is 0. The number of nitrogen functional groups attached to an aromatic ring is 1. The number of nitrogens with zero attached hydrogens (tertiary/aromatic N) is 2. The molecule has 2 N–H and O–H groups in total. The monoisotopic (exact) mass is 281 g/mol. The van der Waals surface area contributed by atoms with Crippen molar-refractivity contribution in [2.24, 2.45) is 0 Å². The zero-order valence-electron chi connectivity index (χ0n) is 12.1. The van der Waals surface area contributed by atoms with E-state index in [2.05, 4.69) is 29.4 Å². The van der Waals surface area contributed by atoms with E-state index in [9.17, 15) is 0 Å². The summed E-state index contributed by atoms with van der Waals surface area (Å²) in [5, 5.41) is 4.58. The average Bonchev–Trinajstić information content (AvgIpc) is 3.06. The molecule has 0 aliphatic rings. The lowest BCUT2D eigenvalue weighted by atomic mass is 10.1. The molecule has 3 rings (SSSR count). The van der Waals surface area contributed by atoms with Gasteiger partial charge in [0.2, 0.25) is 0 Å². The SMILES string of the molecule is Cc1occc1-c1cc(N)n(CCCc2ccccc2)n1. The van der Waals surface area contributed by atoms with Crippen LogP contribution in [0.15, 0.2) is 53.1 Å². The molecule has 0 unspecified atom stereocenters. The molecule has 0 atom stereocenters. The van der Waals surface area contributed by atoms with E-state index in [-0.39, 0.29) is 0 Å². The molecule has 0 aliphatic carbocycles. The molecule has 4 nitrogen and oxygen atoms in total. The number of benzene rings is 1. The van der Waals surface area contributed by atoms with Crippen LogP contribution in [0, 0.1) is 6.92 Å². The molecule has 0 radical (unpaired) electrons. The number of aryl methyl sites for hydroxylation is 3. The van der Waals surface area contributed by atoms with Gasteiger partial charge in [-0.25, -0.2) is 4.68 Å². The van der Waals surface area contributed by atoms with Crippen LogP contribution in [0.2, 0.25) is 0 Å². The van der Waals surface area contributed by atoms with E-state index in [1.807, 2.05) is 29.8 Å². The van der Waals surface area contributed by atoms with Crippen molar-refractivity contribution < 1.29 is 4.42 Å². The second-order valence-electron chi connectivity index (χ2n) is 5.16. The van der Waals surface area contributed by atoms with E-state index in [0.29, 0.717) is 5.82 Å². The van der Waals surface area contributed by atoms with Gasteiger partial charge in [-0.2, -0.15) is 5.10 Å². The van der Waals surface area contributed by atoms with Crippen LogP contribution < -0.4 is 5.73 Å². The molecule has 0 saturated heterocycles. The predicted molar refractivity (Wildman–Crippen MR) is 83.8 cm³/mol. The maximum absolute atomic E-state index is 6.05. The second kappa shape index (κ2) is 5.87. The summed E-state index contributed by atoms with van der Waals surface area (Å²) in [7, 11) is 0. The highest BCUT2D eigenvalue weighted by molar-refractivity contribution is 5.63. The topological polar surface area (TPSA) is 57.0 Å². The second-order valence-corrected chi connectivity index (χ2v) is 5.16. The number of hydrogen-bond donors (Lipinski definition) is 1. The van der Waals surface area contributed by atoms with E-state index in [1.165, 1.54) is 5.56 Å². The van der Waals surface area contributed by atoms with Gasteiger partial charge < -0.3 is 10.2 Å². The van der Waals surface area contributed by atoms with Crippen molar-refractivity contribution in [3.8, 4) is 11.3 Å². The van der Waals surface area contributed by atoms with Gasteiger partial charge in [-0.15, -0.1) is 0 Å². The fourth-order valence-corrected chi connectivity index (χ4v) is 2.47. The van der Waals surface area contributed by atoms with Gasteiger partial charge in [0.1, 0.15) is 11.6 Å². The summed E-state index contributed by atoms with van der Waals surface area (Å²) >= 11 is 0. The Bertz CT molecular complexity index is 713. The van der Waals surface area contributed by atoms with Gasteiger partial charge in [0.25, 0.3) is 0 Å². The average molecular weight is 281 g/mol. The fraction of sp³-hybridized carbons (Fsp3) is 0.235. The number of rotatable bonds is 5. The Labute approximate surface area is 124 Å². The Morgan fingerprint density at radius 1 is 1.19 bits per heavy atom. The van der Waals surface area contributed by atoms with Crippen LogP contribution in [0.4, 0.5) is 5.82 Å². The molecule has 108 valence electrons. The molecule has 2 heterocycles. The lowest BCUT2D eigenvalue weighted by Gasteiger charge is -2.04. The first kappa shape index (κ1) is 13.5. The lowest BCUT2D eigenvalue weighted by molar-refractivity contribution is 0.535. The first-order chi connectivity index (χ1) is 10.2. The van der Waals surface area contributed by atoms with Gasteiger partial charge in [-0.3, -0.25) is 0 Å². The smallest absolute Gasteiger partial charge is 0.122 e. The van der Waals surface area contributed by atoms with Gasteiger partial charge in [-0.05, 0) is 31.4 Å². The first-order valence-electron chi connectivity index (χ1n) is 7.16. The van der Waals surface area contributed by atoms with E-state index < -0.39 is 0 Å². The summed E-state index contributed by atoms with van der Waals surface area (Å²) in [6, 6.07) is 14.3.